The number of carbonyl (C=O) groups excluding carboxylic acids is 2. The van der Waals surface area contributed by atoms with Crippen molar-refractivity contribution in [2.75, 3.05) is 0 Å². The molecule has 0 aliphatic carbocycles. The van der Waals surface area contributed by atoms with E-state index in [4.69, 9.17) is 9.47 Å². The summed E-state index contributed by atoms with van der Waals surface area (Å²) in [6.45, 7) is 15.4. The van der Waals surface area contributed by atoms with E-state index in [-0.39, 0.29) is 31.0 Å². The molecule has 0 spiro atoms. The SMILES string of the molecule is C=C1C=C(C)[C@H](C)C[C@@H](O)CC(=O)[C@@H](O)[C@@H](O)[C@@H](C)C[C@H](C)OC(=O)[C@H](C)[C@H](O)CCCC[C@@H]2O[C@@H]2C[C@@H](C)C1. The molecule has 2 aliphatic heterocycles. The van der Waals surface area contributed by atoms with E-state index >= 15 is 0 Å². The fourth-order valence-electron chi connectivity index (χ4n) is 5.75. The molecule has 0 unspecified atom stereocenters. The minimum atomic E-state index is -1.64. The van der Waals surface area contributed by atoms with Gasteiger partial charge in [-0.25, -0.2) is 0 Å². The van der Waals surface area contributed by atoms with Gasteiger partial charge < -0.3 is 29.9 Å². The standard InChI is InChI=1S/C32H54O8/c1-18-12-19(2)14-29-28(40-29)11-9-8-10-26(34)24(7)32(38)39-23(6)15-22(5)30(36)31(37)27(35)17-25(33)16-21(4)20(3)13-18/h13,19,21-26,28-31,33-34,36-37H,1,8-12,14-17H2,2-7H3/t19-,21+,22-,23-,24+,25+,26+,28-,29+,30-,31+/m0/s1. The molecule has 0 aromatic rings. The van der Waals surface area contributed by atoms with E-state index < -0.39 is 54.1 Å². The molecule has 2 heterocycles. The number of ketones is 1. The molecule has 8 nitrogen and oxygen atoms in total. The second kappa shape index (κ2) is 16.2. The Labute approximate surface area is 240 Å². The lowest BCUT2D eigenvalue weighted by molar-refractivity contribution is -0.158. The van der Waals surface area contributed by atoms with Gasteiger partial charge in [0.15, 0.2) is 5.78 Å². The van der Waals surface area contributed by atoms with Gasteiger partial charge in [-0.15, -0.1) is 0 Å². The first-order chi connectivity index (χ1) is 18.7. The van der Waals surface area contributed by atoms with Gasteiger partial charge in [-0.3, -0.25) is 9.59 Å². The quantitative estimate of drug-likeness (QED) is 0.252. The molecule has 4 N–H and O–H groups in total. The Morgan fingerprint density at radius 1 is 0.875 bits per heavy atom. The van der Waals surface area contributed by atoms with Gasteiger partial charge in [0.25, 0.3) is 0 Å². The van der Waals surface area contributed by atoms with Crippen molar-refractivity contribution in [2.24, 2.45) is 23.7 Å². The highest BCUT2D eigenvalue weighted by atomic mass is 16.6. The second-order valence-corrected chi connectivity index (χ2v) is 12.8. The monoisotopic (exact) mass is 566 g/mol. The fourth-order valence-corrected chi connectivity index (χ4v) is 5.75. The van der Waals surface area contributed by atoms with E-state index in [1.165, 1.54) is 0 Å². The van der Waals surface area contributed by atoms with Crippen LogP contribution in [-0.4, -0.2) is 74.9 Å². The molecule has 0 saturated carbocycles. The highest BCUT2D eigenvalue weighted by Gasteiger charge is 2.39. The minimum absolute atomic E-state index is 0.0157. The van der Waals surface area contributed by atoms with Crippen molar-refractivity contribution >= 4 is 11.8 Å². The molecule has 11 atom stereocenters. The van der Waals surface area contributed by atoms with Crippen LogP contribution in [0.4, 0.5) is 0 Å². The first-order valence-corrected chi connectivity index (χ1v) is 15.2. The molecule has 0 amide bonds. The summed E-state index contributed by atoms with van der Waals surface area (Å²) in [7, 11) is 0. The molecule has 1 saturated heterocycles. The molecule has 230 valence electrons. The van der Waals surface area contributed by atoms with Crippen LogP contribution in [0.5, 0.6) is 0 Å². The minimum Gasteiger partial charge on any atom is -0.462 e. The summed E-state index contributed by atoms with van der Waals surface area (Å²) in [5.74, 6) is -1.93. The number of aliphatic hydroxyl groups excluding tert-OH is 4. The van der Waals surface area contributed by atoms with E-state index in [1.807, 2.05) is 13.8 Å². The summed E-state index contributed by atoms with van der Waals surface area (Å²) in [5, 5.41) is 42.1. The number of allylic oxidation sites excluding steroid dienone is 3. The number of ether oxygens (including phenoxy) is 2. The third kappa shape index (κ3) is 11.4. The van der Waals surface area contributed by atoms with Gasteiger partial charge in [0, 0.05) is 6.42 Å². The summed E-state index contributed by atoms with van der Waals surface area (Å²) in [6.07, 6.45) is 2.51. The van der Waals surface area contributed by atoms with Crippen molar-refractivity contribution in [1.82, 2.24) is 0 Å². The fraction of sp³-hybridized carbons (Fsp3) is 0.812. The predicted octanol–water partition coefficient (Wildman–Crippen LogP) is 4.27. The molecular formula is C32H54O8. The van der Waals surface area contributed by atoms with Crippen molar-refractivity contribution in [2.45, 2.75) is 142 Å². The first-order valence-electron chi connectivity index (χ1n) is 15.2. The summed E-state index contributed by atoms with van der Waals surface area (Å²) < 4.78 is 11.4. The lowest BCUT2D eigenvalue weighted by Gasteiger charge is -2.27. The van der Waals surface area contributed by atoms with E-state index in [1.54, 1.807) is 20.8 Å². The van der Waals surface area contributed by atoms with E-state index in [9.17, 15) is 30.0 Å². The molecule has 8 heteroatoms. The average Bonchev–Trinajstić information content (AvgIpc) is 3.60. The molecule has 0 bridgehead atoms. The Hall–Kier alpha value is -1.58. The maximum Gasteiger partial charge on any atom is 0.311 e. The van der Waals surface area contributed by atoms with Gasteiger partial charge in [0.2, 0.25) is 0 Å². The van der Waals surface area contributed by atoms with Crippen molar-refractivity contribution < 1.29 is 39.5 Å². The second-order valence-electron chi connectivity index (χ2n) is 12.8. The van der Waals surface area contributed by atoms with Crippen molar-refractivity contribution in [3.05, 3.63) is 23.8 Å². The normalized spacial score (nSPS) is 41.0. The van der Waals surface area contributed by atoms with Gasteiger partial charge in [-0.1, -0.05) is 57.4 Å². The Balaban J connectivity index is 2.07. The number of Topliss-reactive ketones (excluding diaryl/α,β-unsaturated/α-hetero) is 1. The smallest absolute Gasteiger partial charge is 0.311 e. The Morgan fingerprint density at radius 2 is 1.52 bits per heavy atom. The summed E-state index contributed by atoms with van der Waals surface area (Å²) in [5.41, 5.74) is 2.09. The van der Waals surface area contributed by atoms with Crippen LogP contribution in [-0.2, 0) is 19.1 Å². The molecule has 0 aromatic carbocycles. The van der Waals surface area contributed by atoms with Gasteiger partial charge in [-0.2, -0.15) is 0 Å². The summed E-state index contributed by atoms with van der Waals surface area (Å²) in [6, 6.07) is 0. The van der Waals surface area contributed by atoms with Crippen LogP contribution in [0.3, 0.4) is 0 Å². The Bertz CT molecular complexity index is 869. The summed E-state index contributed by atoms with van der Waals surface area (Å²) >= 11 is 0. The van der Waals surface area contributed by atoms with Crippen LogP contribution in [0, 0.1) is 23.7 Å². The zero-order chi connectivity index (χ0) is 30.1. The van der Waals surface area contributed by atoms with Crippen LogP contribution >= 0.6 is 0 Å². The number of hydrogen-bond acceptors (Lipinski definition) is 8. The third-order valence-corrected chi connectivity index (χ3v) is 8.65. The number of esters is 1. The lowest BCUT2D eigenvalue weighted by atomic mass is 9.88. The van der Waals surface area contributed by atoms with Crippen molar-refractivity contribution in [3.63, 3.8) is 0 Å². The molecule has 2 aliphatic rings. The Morgan fingerprint density at radius 3 is 2.20 bits per heavy atom. The van der Waals surface area contributed by atoms with E-state index in [0.717, 1.165) is 43.3 Å². The van der Waals surface area contributed by atoms with Crippen LogP contribution in [0.2, 0.25) is 0 Å². The van der Waals surface area contributed by atoms with Gasteiger partial charge in [0.1, 0.15) is 6.10 Å². The number of cyclic esters (lactones) is 1. The van der Waals surface area contributed by atoms with Crippen molar-refractivity contribution in [1.29, 1.82) is 0 Å². The van der Waals surface area contributed by atoms with Gasteiger partial charge >= 0.3 is 5.97 Å². The predicted molar refractivity (Wildman–Crippen MR) is 154 cm³/mol. The van der Waals surface area contributed by atoms with Gasteiger partial charge in [-0.05, 0) is 77.0 Å². The molecule has 0 radical (unpaired) electrons. The van der Waals surface area contributed by atoms with E-state index in [0.29, 0.717) is 18.8 Å². The topological polar surface area (TPSA) is 137 Å². The molecule has 2 rings (SSSR count). The first kappa shape index (κ1) is 34.6. The van der Waals surface area contributed by atoms with Crippen LogP contribution < -0.4 is 0 Å². The third-order valence-electron chi connectivity index (χ3n) is 8.65. The van der Waals surface area contributed by atoms with Crippen LogP contribution in [0.25, 0.3) is 0 Å². The zero-order valence-corrected chi connectivity index (χ0v) is 25.4. The van der Waals surface area contributed by atoms with Crippen LogP contribution in [0.15, 0.2) is 23.8 Å². The number of carbonyl (C=O) groups is 2. The van der Waals surface area contributed by atoms with Gasteiger partial charge in [0.05, 0.1) is 42.5 Å². The molecule has 40 heavy (non-hydrogen) atoms. The maximum atomic E-state index is 12.6. The maximum absolute atomic E-state index is 12.6. The number of fused-ring (bicyclic) bond motifs is 1. The lowest BCUT2D eigenvalue weighted by Crippen LogP contribution is -2.41. The number of hydrogen-bond donors (Lipinski definition) is 4. The highest BCUT2D eigenvalue weighted by molar-refractivity contribution is 5.83. The number of aliphatic hydroxyl groups is 4. The number of rotatable bonds is 0. The Kier molecular flexibility index (Phi) is 14.0. The van der Waals surface area contributed by atoms with E-state index in [2.05, 4.69) is 19.6 Å². The van der Waals surface area contributed by atoms with Crippen LogP contribution in [0.1, 0.15) is 99.3 Å². The average molecular weight is 567 g/mol. The molecular weight excluding hydrogens is 512 g/mol. The molecule has 1 fully saturated rings. The van der Waals surface area contributed by atoms with Crippen molar-refractivity contribution in [3.8, 4) is 0 Å². The largest absolute Gasteiger partial charge is 0.462 e. The molecule has 0 aromatic heterocycles. The zero-order valence-electron chi connectivity index (χ0n) is 25.4. The summed E-state index contributed by atoms with van der Waals surface area (Å²) in [4.78, 5) is 25.2. The number of epoxide rings is 1. The highest BCUT2D eigenvalue weighted by Crippen LogP contribution is 2.34.